The number of morpholine rings is 1. The summed E-state index contributed by atoms with van der Waals surface area (Å²) in [4.78, 5) is 2.37. The first-order valence-corrected chi connectivity index (χ1v) is 5.60. The Morgan fingerprint density at radius 1 is 1.08 bits per heavy atom. The van der Waals surface area contributed by atoms with E-state index < -0.39 is 0 Å². The maximum Gasteiger partial charge on any atom is 0.0703 e. The van der Waals surface area contributed by atoms with Crippen molar-refractivity contribution in [1.82, 2.24) is 4.90 Å². The summed E-state index contributed by atoms with van der Waals surface area (Å²) >= 11 is 0. The van der Waals surface area contributed by atoms with Gasteiger partial charge in [0.2, 0.25) is 0 Å². The van der Waals surface area contributed by atoms with Crippen LogP contribution in [0.2, 0.25) is 0 Å². The highest BCUT2D eigenvalue weighted by atomic mass is 16.5. The fourth-order valence-corrected chi connectivity index (χ4v) is 1.58. The SMILES string of the molecule is CC.CCC1CN(C)CC(CC)O1. The molecule has 0 aromatic carbocycles. The molecule has 0 bridgehead atoms. The molecule has 0 N–H and O–H groups in total. The van der Waals surface area contributed by atoms with E-state index in [2.05, 4.69) is 25.8 Å². The van der Waals surface area contributed by atoms with Crippen LogP contribution >= 0.6 is 0 Å². The fraction of sp³-hybridized carbons (Fsp3) is 1.00. The molecule has 80 valence electrons. The van der Waals surface area contributed by atoms with Crippen LogP contribution in [0.3, 0.4) is 0 Å². The van der Waals surface area contributed by atoms with Crippen molar-refractivity contribution in [2.24, 2.45) is 0 Å². The van der Waals surface area contributed by atoms with Gasteiger partial charge in [-0.05, 0) is 19.9 Å². The maximum atomic E-state index is 5.81. The number of hydrogen-bond donors (Lipinski definition) is 0. The molecule has 0 aromatic heterocycles. The molecule has 1 heterocycles. The number of nitrogens with zero attached hydrogens (tertiary/aromatic N) is 1. The van der Waals surface area contributed by atoms with Crippen LogP contribution in [0, 0.1) is 0 Å². The monoisotopic (exact) mass is 187 g/mol. The molecule has 2 unspecified atom stereocenters. The molecule has 0 radical (unpaired) electrons. The molecule has 1 fully saturated rings. The Balaban J connectivity index is 0.000000671. The summed E-state index contributed by atoms with van der Waals surface area (Å²) in [6, 6.07) is 0. The summed E-state index contributed by atoms with van der Waals surface area (Å²) in [5.74, 6) is 0. The van der Waals surface area contributed by atoms with Gasteiger partial charge in [0, 0.05) is 13.1 Å². The molecule has 1 aliphatic heterocycles. The maximum absolute atomic E-state index is 5.81. The van der Waals surface area contributed by atoms with Crippen molar-refractivity contribution >= 4 is 0 Å². The number of ether oxygens (including phenoxy) is 1. The van der Waals surface area contributed by atoms with Gasteiger partial charge in [0.15, 0.2) is 0 Å². The Kier molecular flexibility index (Phi) is 7.29. The lowest BCUT2D eigenvalue weighted by molar-refractivity contribution is -0.0799. The van der Waals surface area contributed by atoms with Crippen molar-refractivity contribution in [3.8, 4) is 0 Å². The van der Waals surface area contributed by atoms with Gasteiger partial charge in [-0.25, -0.2) is 0 Å². The van der Waals surface area contributed by atoms with E-state index in [-0.39, 0.29) is 0 Å². The van der Waals surface area contributed by atoms with Crippen molar-refractivity contribution in [3.05, 3.63) is 0 Å². The van der Waals surface area contributed by atoms with E-state index in [4.69, 9.17) is 4.74 Å². The zero-order valence-corrected chi connectivity index (χ0v) is 9.84. The van der Waals surface area contributed by atoms with Crippen molar-refractivity contribution in [2.45, 2.75) is 52.7 Å². The second-order valence-corrected chi connectivity index (χ2v) is 3.42. The minimum Gasteiger partial charge on any atom is -0.372 e. The van der Waals surface area contributed by atoms with Gasteiger partial charge >= 0.3 is 0 Å². The number of rotatable bonds is 2. The van der Waals surface area contributed by atoms with E-state index in [1.54, 1.807) is 0 Å². The molecule has 0 aliphatic carbocycles. The van der Waals surface area contributed by atoms with Crippen LogP contribution in [0.1, 0.15) is 40.5 Å². The fourth-order valence-electron chi connectivity index (χ4n) is 1.58. The topological polar surface area (TPSA) is 12.5 Å². The van der Waals surface area contributed by atoms with Gasteiger partial charge in [-0.1, -0.05) is 27.7 Å². The lowest BCUT2D eigenvalue weighted by Crippen LogP contribution is -2.45. The van der Waals surface area contributed by atoms with E-state index in [1.165, 1.54) is 0 Å². The first kappa shape index (κ1) is 12.9. The summed E-state index contributed by atoms with van der Waals surface area (Å²) in [6.45, 7) is 10.6. The summed E-state index contributed by atoms with van der Waals surface area (Å²) in [6.07, 6.45) is 3.22. The minimum atomic E-state index is 0.471. The Bertz CT molecular complexity index is 105. The van der Waals surface area contributed by atoms with Crippen LogP contribution in [0.25, 0.3) is 0 Å². The second kappa shape index (κ2) is 7.34. The Labute approximate surface area is 83.3 Å². The first-order chi connectivity index (χ1) is 6.26. The van der Waals surface area contributed by atoms with Crippen molar-refractivity contribution in [3.63, 3.8) is 0 Å². The third-order valence-electron chi connectivity index (χ3n) is 2.33. The molecule has 0 saturated carbocycles. The average Bonchev–Trinajstić information content (AvgIpc) is 2.20. The molecule has 0 amide bonds. The molecule has 1 rings (SSSR count). The quantitative estimate of drug-likeness (QED) is 0.658. The highest BCUT2D eigenvalue weighted by Crippen LogP contribution is 2.13. The predicted octanol–water partition coefficient (Wildman–Crippen LogP) is 2.53. The lowest BCUT2D eigenvalue weighted by atomic mass is 10.1. The van der Waals surface area contributed by atoms with Crippen molar-refractivity contribution < 1.29 is 4.74 Å². The van der Waals surface area contributed by atoms with Crippen LogP contribution < -0.4 is 0 Å². The van der Waals surface area contributed by atoms with Crippen LogP contribution in [0.5, 0.6) is 0 Å². The standard InChI is InChI=1S/C9H19NO.C2H6/c1-4-8-6-10(3)7-9(5-2)11-8;1-2/h8-9H,4-7H2,1-3H3;1-2H3. The highest BCUT2D eigenvalue weighted by Gasteiger charge is 2.22. The third kappa shape index (κ3) is 4.63. The van der Waals surface area contributed by atoms with Gasteiger partial charge in [0.05, 0.1) is 12.2 Å². The van der Waals surface area contributed by atoms with Crippen LogP contribution in [-0.4, -0.2) is 37.2 Å². The highest BCUT2D eigenvalue weighted by molar-refractivity contribution is 4.73. The molecule has 2 atom stereocenters. The molecule has 0 spiro atoms. The summed E-state index contributed by atoms with van der Waals surface area (Å²) < 4.78 is 5.81. The summed E-state index contributed by atoms with van der Waals surface area (Å²) in [5.41, 5.74) is 0. The van der Waals surface area contributed by atoms with Gasteiger partial charge in [0.25, 0.3) is 0 Å². The number of likely N-dealkylation sites (N-methyl/N-ethyl adjacent to an activating group) is 1. The van der Waals surface area contributed by atoms with E-state index in [0.29, 0.717) is 12.2 Å². The third-order valence-corrected chi connectivity index (χ3v) is 2.33. The molecule has 0 aromatic rings. The molecule has 1 aliphatic rings. The molecule has 2 heteroatoms. The van der Waals surface area contributed by atoms with Crippen LogP contribution in [-0.2, 0) is 4.74 Å². The van der Waals surface area contributed by atoms with E-state index in [1.807, 2.05) is 13.8 Å². The molecular formula is C11H25NO. The summed E-state index contributed by atoms with van der Waals surface area (Å²) in [5, 5.41) is 0. The smallest absolute Gasteiger partial charge is 0.0703 e. The van der Waals surface area contributed by atoms with Gasteiger partial charge in [-0.2, -0.15) is 0 Å². The second-order valence-electron chi connectivity index (χ2n) is 3.42. The molecule has 1 saturated heterocycles. The van der Waals surface area contributed by atoms with Gasteiger partial charge in [0.1, 0.15) is 0 Å². The van der Waals surface area contributed by atoms with Crippen molar-refractivity contribution in [1.29, 1.82) is 0 Å². The normalized spacial score (nSPS) is 29.3. The number of hydrogen-bond acceptors (Lipinski definition) is 2. The molecule has 2 nitrogen and oxygen atoms in total. The van der Waals surface area contributed by atoms with Crippen molar-refractivity contribution in [2.75, 3.05) is 20.1 Å². The van der Waals surface area contributed by atoms with E-state index in [0.717, 1.165) is 25.9 Å². The largest absolute Gasteiger partial charge is 0.372 e. The Morgan fingerprint density at radius 3 is 1.77 bits per heavy atom. The van der Waals surface area contributed by atoms with E-state index in [9.17, 15) is 0 Å². The van der Waals surface area contributed by atoms with Gasteiger partial charge in [-0.15, -0.1) is 0 Å². The minimum absolute atomic E-state index is 0.471. The van der Waals surface area contributed by atoms with Gasteiger partial charge in [-0.3, -0.25) is 0 Å². The van der Waals surface area contributed by atoms with Crippen LogP contribution in [0.4, 0.5) is 0 Å². The molecular weight excluding hydrogens is 162 g/mol. The summed E-state index contributed by atoms with van der Waals surface area (Å²) in [7, 11) is 2.17. The Morgan fingerprint density at radius 2 is 1.46 bits per heavy atom. The predicted molar refractivity (Wildman–Crippen MR) is 58.1 cm³/mol. The zero-order valence-electron chi connectivity index (χ0n) is 9.84. The molecule has 13 heavy (non-hydrogen) atoms. The van der Waals surface area contributed by atoms with E-state index >= 15 is 0 Å². The first-order valence-electron chi connectivity index (χ1n) is 5.60. The van der Waals surface area contributed by atoms with Crippen LogP contribution in [0.15, 0.2) is 0 Å². The average molecular weight is 187 g/mol. The van der Waals surface area contributed by atoms with Gasteiger partial charge < -0.3 is 9.64 Å². The Hall–Kier alpha value is -0.0800. The zero-order chi connectivity index (χ0) is 10.3. The lowest BCUT2D eigenvalue weighted by Gasteiger charge is -2.35.